The minimum absolute atomic E-state index is 0.279. The standard InChI is InChI=1S/C12H25NO/c1-10-6-5-8-13(10)11(7-9-14)12(2,3)4/h10-11,14H,5-9H2,1-4H3. The fourth-order valence-corrected chi connectivity index (χ4v) is 2.64. The second-order valence-electron chi connectivity index (χ2n) is 5.62. The Morgan fingerprint density at radius 2 is 2.07 bits per heavy atom. The van der Waals surface area contributed by atoms with Crippen LogP contribution in [0.3, 0.4) is 0 Å². The van der Waals surface area contributed by atoms with Gasteiger partial charge in [0.2, 0.25) is 0 Å². The van der Waals surface area contributed by atoms with Crippen LogP contribution in [0, 0.1) is 5.41 Å². The van der Waals surface area contributed by atoms with Crippen molar-refractivity contribution in [2.24, 2.45) is 5.41 Å². The summed E-state index contributed by atoms with van der Waals surface area (Å²) in [4.78, 5) is 2.58. The van der Waals surface area contributed by atoms with Crippen molar-refractivity contribution < 1.29 is 5.11 Å². The van der Waals surface area contributed by atoms with Gasteiger partial charge in [-0.3, -0.25) is 4.90 Å². The Labute approximate surface area is 88.3 Å². The zero-order chi connectivity index (χ0) is 10.8. The molecule has 1 rings (SSSR count). The quantitative estimate of drug-likeness (QED) is 0.753. The molecular formula is C12H25NO. The Balaban J connectivity index is 2.66. The van der Waals surface area contributed by atoms with Gasteiger partial charge in [0.25, 0.3) is 0 Å². The molecule has 2 nitrogen and oxygen atoms in total. The van der Waals surface area contributed by atoms with E-state index in [0.717, 1.165) is 6.42 Å². The second kappa shape index (κ2) is 4.63. The lowest BCUT2D eigenvalue weighted by Gasteiger charge is -2.40. The summed E-state index contributed by atoms with van der Waals surface area (Å²) in [5.74, 6) is 0. The van der Waals surface area contributed by atoms with E-state index in [0.29, 0.717) is 18.7 Å². The predicted octanol–water partition coefficient (Wildman–Crippen LogP) is 2.27. The van der Waals surface area contributed by atoms with Crippen molar-refractivity contribution >= 4 is 0 Å². The zero-order valence-electron chi connectivity index (χ0n) is 10.1. The SMILES string of the molecule is CC1CCCN1C(CCO)C(C)(C)C. The van der Waals surface area contributed by atoms with Crippen LogP contribution in [0.15, 0.2) is 0 Å². The van der Waals surface area contributed by atoms with Crippen LogP contribution >= 0.6 is 0 Å². The van der Waals surface area contributed by atoms with Gasteiger partial charge in [0.1, 0.15) is 0 Å². The number of aliphatic hydroxyl groups excluding tert-OH is 1. The maximum Gasteiger partial charge on any atom is 0.0446 e. The van der Waals surface area contributed by atoms with Crippen LogP contribution in [0.4, 0.5) is 0 Å². The molecule has 0 aliphatic carbocycles. The summed E-state index contributed by atoms with van der Waals surface area (Å²) >= 11 is 0. The Kier molecular flexibility index (Phi) is 3.96. The van der Waals surface area contributed by atoms with Crippen LogP contribution in [-0.2, 0) is 0 Å². The number of aliphatic hydroxyl groups is 1. The summed E-state index contributed by atoms with van der Waals surface area (Å²) in [5.41, 5.74) is 0.279. The van der Waals surface area contributed by atoms with E-state index < -0.39 is 0 Å². The van der Waals surface area contributed by atoms with Crippen LogP contribution in [0.1, 0.15) is 47.0 Å². The van der Waals surface area contributed by atoms with E-state index in [9.17, 15) is 0 Å². The number of hydrogen-bond donors (Lipinski definition) is 1. The third-order valence-electron chi connectivity index (χ3n) is 3.41. The molecule has 0 saturated carbocycles. The molecule has 1 aliphatic rings. The van der Waals surface area contributed by atoms with Crippen molar-refractivity contribution in [1.82, 2.24) is 4.90 Å². The van der Waals surface area contributed by atoms with Gasteiger partial charge in [0, 0.05) is 18.7 Å². The van der Waals surface area contributed by atoms with Crippen LogP contribution in [0.5, 0.6) is 0 Å². The number of likely N-dealkylation sites (tertiary alicyclic amines) is 1. The molecule has 0 bridgehead atoms. The molecule has 0 aromatic heterocycles. The van der Waals surface area contributed by atoms with Gasteiger partial charge in [0.15, 0.2) is 0 Å². The molecule has 0 radical (unpaired) electrons. The van der Waals surface area contributed by atoms with E-state index in [1.807, 2.05) is 0 Å². The summed E-state index contributed by atoms with van der Waals surface area (Å²) < 4.78 is 0. The minimum Gasteiger partial charge on any atom is -0.396 e. The van der Waals surface area contributed by atoms with Gasteiger partial charge in [-0.05, 0) is 38.1 Å². The highest BCUT2D eigenvalue weighted by Gasteiger charge is 2.34. The third kappa shape index (κ3) is 2.71. The largest absolute Gasteiger partial charge is 0.396 e. The van der Waals surface area contributed by atoms with Gasteiger partial charge in [-0.2, -0.15) is 0 Å². The first-order valence-corrected chi connectivity index (χ1v) is 5.83. The minimum atomic E-state index is 0.279. The molecule has 0 amide bonds. The lowest BCUT2D eigenvalue weighted by Crippen LogP contribution is -2.46. The van der Waals surface area contributed by atoms with Crippen molar-refractivity contribution in [3.63, 3.8) is 0 Å². The van der Waals surface area contributed by atoms with E-state index in [4.69, 9.17) is 5.11 Å². The van der Waals surface area contributed by atoms with Crippen molar-refractivity contribution in [1.29, 1.82) is 0 Å². The molecule has 84 valence electrons. The van der Waals surface area contributed by atoms with Gasteiger partial charge >= 0.3 is 0 Å². The first-order chi connectivity index (χ1) is 6.46. The molecule has 0 aromatic carbocycles. The van der Waals surface area contributed by atoms with Gasteiger partial charge in [-0.25, -0.2) is 0 Å². The zero-order valence-corrected chi connectivity index (χ0v) is 10.1. The van der Waals surface area contributed by atoms with Crippen LogP contribution in [0.2, 0.25) is 0 Å². The molecule has 2 heteroatoms. The monoisotopic (exact) mass is 199 g/mol. The predicted molar refractivity (Wildman–Crippen MR) is 60.3 cm³/mol. The molecule has 0 aromatic rings. The van der Waals surface area contributed by atoms with Crippen LogP contribution in [0.25, 0.3) is 0 Å². The van der Waals surface area contributed by atoms with Gasteiger partial charge in [-0.1, -0.05) is 20.8 Å². The third-order valence-corrected chi connectivity index (χ3v) is 3.41. The van der Waals surface area contributed by atoms with Crippen molar-refractivity contribution in [3.8, 4) is 0 Å². The van der Waals surface area contributed by atoms with Gasteiger partial charge in [-0.15, -0.1) is 0 Å². The Bertz CT molecular complexity index is 174. The highest BCUT2D eigenvalue weighted by atomic mass is 16.3. The second-order valence-corrected chi connectivity index (χ2v) is 5.62. The average molecular weight is 199 g/mol. The van der Waals surface area contributed by atoms with Crippen LogP contribution in [-0.4, -0.2) is 35.2 Å². The Hall–Kier alpha value is -0.0800. The molecular weight excluding hydrogens is 174 g/mol. The smallest absolute Gasteiger partial charge is 0.0446 e. The van der Waals surface area contributed by atoms with E-state index >= 15 is 0 Å². The normalized spacial score (nSPS) is 26.8. The fraction of sp³-hybridized carbons (Fsp3) is 1.00. The molecule has 0 spiro atoms. The summed E-state index contributed by atoms with van der Waals surface area (Å²) in [5, 5.41) is 9.12. The Morgan fingerprint density at radius 1 is 1.43 bits per heavy atom. The molecule has 2 unspecified atom stereocenters. The van der Waals surface area contributed by atoms with E-state index in [2.05, 4.69) is 32.6 Å². The summed E-state index contributed by atoms with van der Waals surface area (Å²) in [6.45, 7) is 10.7. The molecule has 1 saturated heterocycles. The Morgan fingerprint density at radius 3 is 2.43 bits per heavy atom. The average Bonchev–Trinajstić information content (AvgIpc) is 2.45. The number of hydrogen-bond acceptors (Lipinski definition) is 2. The van der Waals surface area contributed by atoms with E-state index in [1.165, 1.54) is 19.4 Å². The van der Waals surface area contributed by atoms with E-state index in [-0.39, 0.29) is 5.41 Å². The molecule has 1 heterocycles. The van der Waals surface area contributed by atoms with E-state index in [1.54, 1.807) is 0 Å². The number of nitrogens with zero attached hydrogens (tertiary/aromatic N) is 1. The number of rotatable bonds is 3. The maximum absolute atomic E-state index is 9.12. The first kappa shape index (κ1) is 12.0. The summed E-state index contributed by atoms with van der Waals surface area (Å²) in [6.07, 6.45) is 3.55. The van der Waals surface area contributed by atoms with Crippen molar-refractivity contribution in [2.45, 2.75) is 59.0 Å². The molecule has 1 fully saturated rings. The van der Waals surface area contributed by atoms with Gasteiger partial charge < -0.3 is 5.11 Å². The topological polar surface area (TPSA) is 23.5 Å². The van der Waals surface area contributed by atoms with Crippen molar-refractivity contribution in [3.05, 3.63) is 0 Å². The summed E-state index contributed by atoms with van der Waals surface area (Å²) in [6, 6.07) is 1.23. The highest BCUT2D eigenvalue weighted by molar-refractivity contribution is 4.88. The lowest BCUT2D eigenvalue weighted by atomic mass is 9.83. The molecule has 1 N–H and O–H groups in total. The highest BCUT2D eigenvalue weighted by Crippen LogP contribution is 2.32. The maximum atomic E-state index is 9.12. The van der Waals surface area contributed by atoms with Crippen molar-refractivity contribution in [2.75, 3.05) is 13.2 Å². The molecule has 2 atom stereocenters. The van der Waals surface area contributed by atoms with Crippen LogP contribution < -0.4 is 0 Å². The lowest BCUT2D eigenvalue weighted by molar-refractivity contribution is 0.0699. The van der Waals surface area contributed by atoms with Gasteiger partial charge in [0.05, 0.1) is 0 Å². The molecule has 14 heavy (non-hydrogen) atoms. The first-order valence-electron chi connectivity index (χ1n) is 5.83. The molecule has 1 aliphatic heterocycles. The summed E-state index contributed by atoms with van der Waals surface area (Å²) in [7, 11) is 0. The fourth-order valence-electron chi connectivity index (χ4n) is 2.64.